The molecule has 1 heterocycles. The van der Waals surface area contributed by atoms with Gasteiger partial charge in [-0.2, -0.15) is 5.10 Å². The molecule has 0 unspecified atom stereocenters. The highest BCUT2D eigenvalue weighted by Crippen LogP contribution is 2.16. The summed E-state index contributed by atoms with van der Waals surface area (Å²) in [5.41, 5.74) is 1.01. The van der Waals surface area contributed by atoms with Gasteiger partial charge in [0.05, 0.1) is 5.52 Å². The zero-order valence-electron chi connectivity index (χ0n) is 12.0. The van der Waals surface area contributed by atoms with Crippen molar-refractivity contribution >= 4 is 22.8 Å². The van der Waals surface area contributed by atoms with Gasteiger partial charge in [-0.15, -0.1) is 0 Å². The first-order valence-electron chi connectivity index (χ1n) is 6.58. The number of fused-ring (bicyclic) bond motifs is 1. The molecule has 1 amide bonds. The minimum atomic E-state index is -1.04. The molecule has 1 aromatic carbocycles. The Kier molecular flexibility index (Phi) is 4.54. The Labute approximate surface area is 122 Å². The third-order valence-electron chi connectivity index (χ3n) is 3.10. The molecule has 7 nitrogen and oxygen atoms in total. The first-order chi connectivity index (χ1) is 9.99. The number of nitrogens with zero attached hydrogens (tertiary/aromatic N) is 3. The summed E-state index contributed by atoms with van der Waals surface area (Å²) in [6.07, 6.45) is 0. The number of para-hydroxylation sites is 1. The first kappa shape index (κ1) is 15.0. The van der Waals surface area contributed by atoms with Crippen molar-refractivity contribution in [1.29, 1.82) is 0 Å². The number of H-pyrrole nitrogens is 1. The number of amides is 1. The van der Waals surface area contributed by atoms with E-state index in [1.165, 1.54) is 4.90 Å². The van der Waals surface area contributed by atoms with Crippen molar-refractivity contribution in [3.63, 3.8) is 0 Å². The van der Waals surface area contributed by atoms with E-state index < -0.39 is 5.97 Å². The van der Waals surface area contributed by atoms with Crippen molar-refractivity contribution in [1.82, 2.24) is 20.0 Å². The number of carbonyl (C=O) groups excluding carboxylic acids is 1. The van der Waals surface area contributed by atoms with Gasteiger partial charge in [0.1, 0.15) is 6.54 Å². The van der Waals surface area contributed by atoms with Crippen LogP contribution in [0.25, 0.3) is 10.9 Å². The van der Waals surface area contributed by atoms with Crippen LogP contribution in [-0.2, 0) is 4.79 Å². The van der Waals surface area contributed by atoms with Gasteiger partial charge in [0.15, 0.2) is 5.69 Å². The number of benzene rings is 1. The van der Waals surface area contributed by atoms with Crippen molar-refractivity contribution in [2.24, 2.45) is 0 Å². The van der Waals surface area contributed by atoms with Crippen LogP contribution in [0, 0.1) is 0 Å². The number of aromatic amines is 1. The Hall–Kier alpha value is -2.41. The predicted molar refractivity (Wildman–Crippen MR) is 78.2 cm³/mol. The van der Waals surface area contributed by atoms with Crippen molar-refractivity contribution in [2.45, 2.75) is 0 Å². The van der Waals surface area contributed by atoms with Crippen LogP contribution in [0.1, 0.15) is 10.5 Å². The molecule has 0 saturated carbocycles. The second-order valence-corrected chi connectivity index (χ2v) is 5.04. The molecule has 0 radical (unpaired) electrons. The topological polar surface area (TPSA) is 89.5 Å². The van der Waals surface area contributed by atoms with Crippen molar-refractivity contribution < 1.29 is 14.7 Å². The van der Waals surface area contributed by atoms with Crippen LogP contribution in [0.4, 0.5) is 0 Å². The lowest BCUT2D eigenvalue weighted by Crippen LogP contribution is -2.40. The van der Waals surface area contributed by atoms with Crippen LogP contribution in [-0.4, -0.2) is 70.7 Å². The number of aliphatic carboxylic acids is 1. The summed E-state index contributed by atoms with van der Waals surface area (Å²) in [5.74, 6) is -1.42. The highest BCUT2D eigenvalue weighted by molar-refractivity contribution is 6.05. The number of carboxylic acids is 1. The Morgan fingerprint density at radius 3 is 2.62 bits per heavy atom. The van der Waals surface area contributed by atoms with E-state index in [1.807, 2.05) is 37.2 Å². The number of carboxylic acid groups (broad SMARTS) is 1. The lowest BCUT2D eigenvalue weighted by Gasteiger charge is -2.21. The van der Waals surface area contributed by atoms with E-state index in [0.29, 0.717) is 18.5 Å². The fourth-order valence-electron chi connectivity index (χ4n) is 2.01. The standard InChI is InChI=1S/C14H18N4O3/c1-17(2)7-8-18(9-12(19)20)14(21)13-10-5-3-4-6-11(10)15-16-13/h3-6H,7-9H2,1-2H3,(H,15,16)(H,19,20). The molecule has 0 spiro atoms. The van der Waals surface area contributed by atoms with Crippen LogP contribution < -0.4 is 0 Å². The number of hydrogen-bond acceptors (Lipinski definition) is 4. The van der Waals surface area contributed by atoms with E-state index in [1.54, 1.807) is 6.07 Å². The number of carbonyl (C=O) groups is 2. The van der Waals surface area contributed by atoms with E-state index in [9.17, 15) is 9.59 Å². The average molecular weight is 290 g/mol. The third kappa shape index (κ3) is 3.57. The molecule has 2 rings (SSSR count). The first-order valence-corrected chi connectivity index (χ1v) is 6.58. The molecular weight excluding hydrogens is 272 g/mol. The molecule has 1 aromatic heterocycles. The van der Waals surface area contributed by atoms with Crippen molar-refractivity contribution in [3.8, 4) is 0 Å². The molecule has 0 aliphatic rings. The summed E-state index contributed by atoms with van der Waals surface area (Å²) < 4.78 is 0. The largest absolute Gasteiger partial charge is 0.480 e. The molecular formula is C14H18N4O3. The normalized spacial score (nSPS) is 11.0. The molecule has 2 N–H and O–H groups in total. The molecule has 0 bridgehead atoms. The highest BCUT2D eigenvalue weighted by Gasteiger charge is 2.22. The van der Waals surface area contributed by atoms with Gasteiger partial charge >= 0.3 is 5.97 Å². The number of rotatable bonds is 6. The van der Waals surface area contributed by atoms with Crippen LogP contribution >= 0.6 is 0 Å². The lowest BCUT2D eigenvalue weighted by molar-refractivity contribution is -0.137. The fourth-order valence-corrected chi connectivity index (χ4v) is 2.01. The number of hydrogen-bond donors (Lipinski definition) is 2. The van der Waals surface area contributed by atoms with Crippen molar-refractivity contribution in [3.05, 3.63) is 30.0 Å². The third-order valence-corrected chi connectivity index (χ3v) is 3.10. The number of nitrogens with one attached hydrogen (secondary N) is 1. The summed E-state index contributed by atoms with van der Waals surface area (Å²) >= 11 is 0. The number of likely N-dealkylation sites (N-methyl/N-ethyl adjacent to an activating group) is 1. The van der Waals surface area contributed by atoms with Crippen LogP contribution in [0.3, 0.4) is 0 Å². The average Bonchev–Trinajstić information content (AvgIpc) is 2.86. The molecule has 0 saturated heterocycles. The Morgan fingerprint density at radius 2 is 1.95 bits per heavy atom. The molecule has 0 atom stereocenters. The molecule has 0 aliphatic carbocycles. The molecule has 7 heteroatoms. The monoisotopic (exact) mass is 290 g/mol. The van der Waals surface area contributed by atoms with Gasteiger partial charge in [-0.25, -0.2) is 0 Å². The maximum absolute atomic E-state index is 12.5. The van der Waals surface area contributed by atoms with Crippen molar-refractivity contribution in [2.75, 3.05) is 33.7 Å². The predicted octanol–water partition coefficient (Wildman–Crippen LogP) is 0.651. The zero-order valence-corrected chi connectivity index (χ0v) is 12.0. The summed E-state index contributed by atoms with van der Waals surface area (Å²) in [6, 6.07) is 7.27. The number of aromatic nitrogens is 2. The van der Waals surface area contributed by atoms with Gasteiger partial charge in [0.2, 0.25) is 0 Å². The van der Waals surface area contributed by atoms with Crippen LogP contribution in [0.5, 0.6) is 0 Å². The molecule has 2 aromatic rings. The maximum atomic E-state index is 12.5. The maximum Gasteiger partial charge on any atom is 0.323 e. The Bertz CT molecular complexity index is 650. The molecule has 0 fully saturated rings. The van der Waals surface area contributed by atoms with E-state index in [-0.39, 0.29) is 18.1 Å². The minimum absolute atomic E-state index is 0.255. The smallest absolute Gasteiger partial charge is 0.323 e. The van der Waals surface area contributed by atoms with Gasteiger partial charge in [-0.05, 0) is 20.2 Å². The fraction of sp³-hybridized carbons (Fsp3) is 0.357. The van der Waals surface area contributed by atoms with E-state index >= 15 is 0 Å². The summed E-state index contributed by atoms with van der Waals surface area (Å²) in [5, 5.41) is 16.5. The molecule has 112 valence electrons. The van der Waals surface area contributed by atoms with E-state index in [0.717, 1.165) is 5.52 Å². The summed E-state index contributed by atoms with van der Waals surface area (Å²) in [4.78, 5) is 26.7. The van der Waals surface area contributed by atoms with Gasteiger partial charge in [0.25, 0.3) is 5.91 Å². The Balaban J connectivity index is 2.26. The highest BCUT2D eigenvalue weighted by atomic mass is 16.4. The second kappa shape index (κ2) is 6.36. The SMILES string of the molecule is CN(C)CCN(CC(=O)O)C(=O)c1n[nH]c2ccccc12. The van der Waals surface area contributed by atoms with E-state index in [4.69, 9.17) is 5.11 Å². The molecule has 21 heavy (non-hydrogen) atoms. The summed E-state index contributed by atoms with van der Waals surface area (Å²) in [7, 11) is 3.74. The van der Waals surface area contributed by atoms with Gasteiger partial charge in [0, 0.05) is 18.5 Å². The van der Waals surface area contributed by atoms with Gasteiger partial charge < -0.3 is 14.9 Å². The summed E-state index contributed by atoms with van der Waals surface area (Å²) in [6.45, 7) is 0.578. The zero-order chi connectivity index (χ0) is 15.4. The quantitative estimate of drug-likeness (QED) is 0.815. The second-order valence-electron chi connectivity index (χ2n) is 5.04. The minimum Gasteiger partial charge on any atom is -0.480 e. The lowest BCUT2D eigenvalue weighted by atomic mass is 10.2. The van der Waals surface area contributed by atoms with Gasteiger partial charge in [-0.3, -0.25) is 14.7 Å². The van der Waals surface area contributed by atoms with Crippen LogP contribution in [0.2, 0.25) is 0 Å². The van der Waals surface area contributed by atoms with Gasteiger partial charge in [-0.1, -0.05) is 18.2 Å². The molecule has 0 aliphatic heterocycles. The Morgan fingerprint density at radius 1 is 1.24 bits per heavy atom. The van der Waals surface area contributed by atoms with E-state index in [2.05, 4.69) is 10.2 Å². The van der Waals surface area contributed by atoms with Crippen LogP contribution in [0.15, 0.2) is 24.3 Å².